The van der Waals surface area contributed by atoms with E-state index < -0.39 is 0 Å². The molecule has 0 bridgehead atoms. The Labute approximate surface area is 174 Å². The molecule has 3 unspecified atom stereocenters. The van der Waals surface area contributed by atoms with E-state index in [2.05, 4.69) is 42.7 Å². The Balaban J connectivity index is 1.44. The van der Waals surface area contributed by atoms with Gasteiger partial charge in [-0.1, -0.05) is 24.8 Å². The van der Waals surface area contributed by atoms with E-state index in [1.54, 1.807) is 7.11 Å². The van der Waals surface area contributed by atoms with Crippen LogP contribution in [-0.2, 0) is 19.3 Å². The number of piperidine rings is 1. The van der Waals surface area contributed by atoms with E-state index >= 15 is 0 Å². The van der Waals surface area contributed by atoms with Gasteiger partial charge in [-0.3, -0.25) is 4.90 Å². The summed E-state index contributed by atoms with van der Waals surface area (Å²) < 4.78 is 11.5. The van der Waals surface area contributed by atoms with Crippen LogP contribution in [0.1, 0.15) is 47.5 Å². The summed E-state index contributed by atoms with van der Waals surface area (Å²) in [5.41, 5.74) is 4.11. The van der Waals surface area contributed by atoms with Crippen molar-refractivity contribution < 1.29 is 9.15 Å². The molecule has 1 aliphatic heterocycles. The highest BCUT2D eigenvalue weighted by Gasteiger charge is 2.43. The molecular weight excluding hydrogens is 358 g/mol. The molecule has 1 aromatic carbocycles. The lowest BCUT2D eigenvalue weighted by Crippen LogP contribution is -2.53. The maximum atomic E-state index is 6.16. The summed E-state index contributed by atoms with van der Waals surface area (Å²) in [7, 11) is 1.74. The van der Waals surface area contributed by atoms with E-state index in [-0.39, 0.29) is 0 Å². The van der Waals surface area contributed by atoms with Gasteiger partial charge in [-0.15, -0.1) is 0 Å². The van der Waals surface area contributed by atoms with Gasteiger partial charge >= 0.3 is 0 Å². The molecular formula is C26H33NO2. The Hall–Kier alpha value is -2.00. The lowest BCUT2D eigenvalue weighted by Gasteiger charge is -2.48. The topological polar surface area (TPSA) is 25.6 Å². The van der Waals surface area contributed by atoms with E-state index in [1.165, 1.54) is 54.8 Å². The fraction of sp³-hybridized carbons (Fsp3) is 0.538. The fourth-order valence-corrected chi connectivity index (χ4v) is 5.79. The van der Waals surface area contributed by atoms with Crippen LogP contribution < -0.4 is 4.74 Å². The number of likely N-dealkylation sites (tertiary alicyclic amines) is 1. The fourth-order valence-electron chi connectivity index (χ4n) is 5.79. The molecule has 5 rings (SSSR count). The minimum atomic E-state index is 0.615. The summed E-state index contributed by atoms with van der Waals surface area (Å²) >= 11 is 0. The molecule has 0 amide bonds. The van der Waals surface area contributed by atoms with Crippen LogP contribution in [0.15, 0.2) is 35.3 Å². The predicted octanol–water partition coefficient (Wildman–Crippen LogP) is 5.30. The molecule has 1 aromatic heterocycles. The number of nitrogens with zero attached hydrogens (tertiary/aromatic N) is 1. The van der Waals surface area contributed by atoms with Crippen molar-refractivity contribution in [1.82, 2.24) is 4.90 Å². The molecule has 3 atom stereocenters. The van der Waals surface area contributed by atoms with Gasteiger partial charge in [0.1, 0.15) is 17.3 Å². The number of benzene rings is 1. The van der Waals surface area contributed by atoms with E-state index in [0.717, 1.165) is 42.6 Å². The Morgan fingerprint density at radius 1 is 1.17 bits per heavy atom. The van der Waals surface area contributed by atoms with Crippen molar-refractivity contribution in [3.8, 4) is 5.75 Å². The summed E-state index contributed by atoms with van der Waals surface area (Å²) in [4.78, 5) is 2.83. The first-order valence-corrected chi connectivity index (χ1v) is 11.3. The molecule has 154 valence electrons. The van der Waals surface area contributed by atoms with Crippen LogP contribution >= 0.6 is 0 Å². The number of hydrogen-bond acceptors (Lipinski definition) is 3. The monoisotopic (exact) mass is 391 g/mol. The van der Waals surface area contributed by atoms with Crippen molar-refractivity contribution in [2.75, 3.05) is 20.2 Å². The van der Waals surface area contributed by atoms with Gasteiger partial charge in [0.05, 0.1) is 7.11 Å². The first-order valence-electron chi connectivity index (χ1n) is 11.3. The zero-order valence-electron chi connectivity index (χ0n) is 17.8. The number of methoxy groups -OCH3 is 1. The van der Waals surface area contributed by atoms with Gasteiger partial charge in [-0.25, -0.2) is 0 Å². The standard InChI is InChI=1S/C26H33NO2/c1-4-22-17(2)29-26-14-20-11-12-27(16-19-5-6-19)25(23(20)15-24(22)26)13-18-7-9-21(28-3)10-8-18/h4,7-10,19-20,23,25H,1,5-6,11-16H2,2-3H3. The van der Waals surface area contributed by atoms with Crippen molar-refractivity contribution in [2.45, 2.75) is 51.5 Å². The highest BCUT2D eigenvalue weighted by molar-refractivity contribution is 5.56. The number of fused-ring (bicyclic) bond motifs is 2. The maximum absolute atomic E-state index is 6.16. The largest absolute Gasteiger partial charge is 0.497 e. The van der Waals surface area contributed by atoms with Crippen molar-refractivity contribution in [2.24, 2.45) is 17.8 Å². The van der Waals surface area contributed by atoms with Gasteiger partial charge < -0.3 is 9.15 Å². The normalized spacial score (nSPS) is 26.6. The lowest BCUT2D eigenvalue weighted by atomic mass is 9.68. The Bertz CT molecular complexity index is 877. The zero-order valence-corrected chi connectivity index (χ0v) is 17.8. The van der Waals surface area contributed by atoms with Crippen LogP contribution in [-0.4, -0.2) is 31.1 Å². The quantitative estimate of drug-likeness (QED) is 0.668. The third-order valence-electron chi connectivity index (χ3n) is 7.56. The second-order valence-electron chi connectivity index (χ2n) is 9.36. The molecule has 0 radical (unpaired) electrons. The third-order valence-corrected chi connectivity index (χ3v) is 7.56. The highest BCUT2D eigenvalue weighted by Crippen LogP contribution is 2.44. The van der Waals surface area contributed by atoms with Crippen LogP contribution in [0.3, 0.4) is 0 Å². The van der Waals surface area contributed by atoms with E-state index in [9.17, 15) is 0 Å². The van der Waals surface area contributed by atoms with Crippen LogP contribution in [0.4, 0.5) is 0 Å². The van der Waals surface area contributed by atoms with Gasteiger partial charge in [0, 0.05) is 30.1 Å². The minimum Gasteiger partial charge on any atom is -0.497 e. The van der Waals surface area contributed by atoms with Crippen LogP contribution in [0, 0.1) is 24.7 Å². The first kappa shape index (κ1) is 19.0. The van der Waals surface area contributed by atoms with E-state index in [0.29, 0.717) is 12.0 Å². The lowest BCUT2D eigenvalue weighted by molar-refractivity contribution is 0.0361. The second kappa shape index (κ2) is 7.68. The van der Waals surface area contributed by atoms with Gasteiger partial charge in [0.15, 0.2) is 0 Å². The van der Waals surface area contributed by atoms with Gasteiger partial charge in [-0.05, 0) is 81.0 Å². The average Bonchev–Trinajstić information content (AvgIpc) is 3.49. The van der Waals surface area contributed by atoms with Crippen molar-refractivity contribution in [3.63, 3.8) is 0 Å². The average molecular weight is 392 g/mol. The summed E-state index contributed by atoms with van der Waals surface area (Å²) in [6.45, 7) is 8.68. The summed E-state index contributed by atoms with van der Waals surface area (Å²) in [6.07, 6.45) is 9.52. The second-order valence-corrected chi connectivity index (χ2v) is 9.36. The Kier molecular flexibility index (Phi) is 5.03. The molecule has 3 aliphatic rings. The molecule has 3 nitrogen and oxygen atoms in total. The zero-order chi connectivity index (χ0) is 20.0. The van der Waals surface area contributed by atoms with Gasteiger partial charge in [0.25, 0.3) is 0 Å². The van der Waals surface area contributed by atoms with Crippen LogP contribution in [0.5, 0.6) is 5.75 Å². The summed E-state index contributed by atoms with van der Waals surface area (Å²) in [6, 6.07) is 9.33. The van der Waals surface area contributed by atoms with Crippen LogP contribution in [0.2, 0.25) is 0 Å². The minimum absolute atomic E-state index is 0.615. The summed E-state index contributed by atoms with van der Waals surface area (Å²) in [5, 5.41) is 0. The van der Waals surface area contributed by atoms with Crippen molar-refractivity contribution in [1.29, 1.82) is 0 Å². The molecule has 0 spiro atoms. The predicted molar refractivity (Wildman–Crippen MR) is 117 cm³/mol. The Morgan fingerprint density at radius 2 is 1.97 bits per heavy atom. The number of hydrogen-bond donors (Lipinski definition) is 0. The summed E-state index contributed by atoms with van der Waals surface area (Å²) in [5.74, 6) is 5.60. The maximum Gasteiger partial charge on any atom is 0.118 e. The molecule has 2 fully saturated rings. The van der Waals surface area contributed by atoms with Crippen molar-refractivity contribution in [3.05, 3.63) is 59.1 Å². The highest BCUT2D eigenvalue weighted by atomic mass is 16.5. The SMILES string of the molecule is C=Cc1c(C)oc2c1CC1C(CCN(CC3CC3)C1Cc1ccc(OC)cc1)C2. The molecule has 1 saturated heterocycles. The third kappa shape index (κ3) is 3.66. The molecule has 2 aromatic rings. The molecule has 2 aliphatic carbocycles. The Morgan fingerprint density at radius 3 is 2.66 bits per heavy atom. The number of ether oxygens (including phenoxy) is 1. The molecule has 29 heavy (non-hydrogen) atoms. The molecule has 3 heteroatoms. The van der Waals surface area contributed by atoms with E-state index in [1.807, 2.05) is 6.08 Å². The molecule has 0 N–H and O–H groups in total. The number of aryl methyl sites for hydroxylation is 1. The molecule has 1 saturated carbocycles. The number of furan rings is 1. The van der Waals surface area contributed by atoms with Crippen LogP contribution in [0.25, 0.3) is 6.08 Å². The number of rotatable bonds is 6. The smallest absolute Gasteiger partial charge is 0.118 e. The van der Waals surface area contributed by atoms with E-state index in [4.69, 9.17) is 9.15 Å². The first-order chi connectivity index (χ1) is 14.2. The van der Waals surface area contributed by atoms with Crippen molar-refractivity contribution >= 4 is 6.08 Å². The molecule has 2 heterocycles. The van der Waals surface area contributed by atoms with Gasteiger partial charge in [-0.2, -0.15) is 0 Å². The van der Waals surface area contributed by atoms with Gasteiger partial charge in [0.2, 0.25) is 0 Å².